The van der Waals surface area contributed by atoms with E-state index in [1.807, 2.05) is 0 Å². The number of thiophene rings is 1. The van der Waals surface area contributed by atoms with Gasteiger partial charge in [0, 0.05) is 5.56 Å². The minimum atomic E-state index is -4.29. The van der Waals surface area contributed by atoms with E-state index in [0.29, 0.717) is 11.1 Å². The Kier molecular flexibility index (Phi) is 2.52. The quantitative estimate of drug-likeness (QED) is 0.683. The molecule has 0 atom stereocenters. The minimum absolute atomic E-state index is 0.547. The summed E-state index contributed by atoms with van der Waals surface area (Å²) in [4.78, 5) is 0. The van der Waals surface area contributed by atoms with Crippen molar-refractivity contribution in [3.05, 3.63) is 46.7 Å². The van der Waals surface area contributed by atoms with Crippen LogP contribution >= 0.6 is 11.3 Å². The van der Waals surface area contributed by atoms with E-state index >= 15 is 0 Å². The molecule has 0 spiro atoms. The van der Waals surface area contributed by atoms with Gasteiger partial charge in [-0.15, -0.1) is 11.3 Å². The summed E-state index contributed by atoms with van der Waals surface area (Å²) in [6, 6.07) is 7.01. The van der Waals surface area contributed by atoms with Crippen molar-refractivity contribution < 1.29 is 13.2 Å². The summed E-state index contributed by atoms with van der Waals surface area (Å²) < 4.78 is 37.2. The summed E-state index contributed by atoms with van der Waals surface area (Å²) >= 11 is 1.34. The average Bonchev–Trinajstić information content (AvgIpc) is 2.69. The fourth-order valence-corrected chi connectivity index (χ4v) is 1.84. The lowest BCUT2D eigenvalue weighted by Gasteiger charge is -2.07. The predicted molar refractivity (Wildman–Crippen MR) is 53.6 cm³/mol. The maximum atomic E-state index is 12.4. The summed E-state index contributed by atoms with van der Waals surface area (Å²) in [5.41, 5.74) is 0.622. The van der Waals surface area contributed by atoms with Gasteiger partial charge in [0.2, 0.25) is 0 Å². The van der Waals surface area contributed by atoms with E-state index in [2.05, 4.69) is 5.38 Å². The van der Waals surface area contributed by atoms with Crippen LogP contribution in [0.1, 0.15) is 5.56 Å². The third-order valence-corrected chi connectivity index (χ3v) is 2.58. The lowest BCUT2D eigenvalue weighted by Crippen LogP contribution is -2.04. The van der Waals surface area contributed by atoms with Crippen molar-refractivity contribution in [3.8, 4) is 11.1 Å². The van der Waals surface area contributed by atoms with Crippen LogP contribution in [0.15, 0.2) is 35.7 Å². The van der Waals surface area contributed by atoms with Crippen LogP contribution in [0, 0.1) is 5.38 Å². The number of hydrogen-bond donors (Lipinski definition) is 0. The molecule has 0 aliphatic carbocycles. The second-order valence-electron chi connectivity index (χ2n) is 3.01. The fourth-order valence-electron chi connectivity index (χ4n) is 1.25. The molecule has 0 aliphatic heterocycles. The van der Waals surface area contributed by atoms with Crippen LogP contribution in [0.3, 0.4) is 0 Å². The van der Waals surface area contributed by atoms with Crippen molar-refractivity contribution in [2.75, 3.05) is 0 Å². The Morgan fingerprint density at radius 1 is 1.13 bits per heavy atom. The molecule has 77 valence electrons. The van der Waals surface area contributed by atoms with Gasteiger partial charge in [-0.05, 0) is 29.1 Å². The molecule has 1 radical (unpaired) electrons. The van der Waals surface area contributed by atoms with Crippen LogP contribution in [-0.2, 0) is 6.18 Å². The zero-order valence-electron chi connectivity index (χ0n) is 7.51. The summed E-state index contributed by atoms with van der Waals surface area (Å²) in [5.74, 6) is 0. The van der Waals surface area contributed by atoms with Crippen molar-refractivity contribution in [1.29, 1.82) is 0 Å². The Bertz CT molecular complexity index is 443. The molecule has 1 heterocycles. The van der Waals surface area contributed by atoms with Crippen LogP contribution in [0.2, 0.25) is 0 Å². The highest BCUT2D eigenvalue weighted by molar-refractivity contribution is 7.07. The smallest absolute Gasteiger partial charge is 0.166 e. The zero-order chi connectivity index (χ0) is 10.9. The topological polar surface area (TPSA) is 0 Å². The molecular formula is C11H6F3S. The molecule has 0 saturated heterocycles. The van der Waals surface area contributed by atoms with Crippen molar-refractivity contribution in [2.24, 2.45) is 0 Å². The molecule has 0 saturated carbocycles. The van der Waals surface area contributed by atoms with E-state index in [9.17, 15) is 13.2 Å². The molecule has 15 heavy (non-hydrogen) atoms. The molecule has 1 aromatic heterocycles. The van der Waals surface area contributed by atoms with E-state index in [1.54, 1.807) is 17.5 Å². The van der Waals surface area contributed by atoms with Gasteiger partial charge >= 0.3 is 6.18 Å². The standard InChI is InChI=1S/C11H6F3S/c12-11(13,14)10-3-1-2-8(6-10)9-4-5-15-7-9/h1-6H. The molecule has 2 rings (SSSR count). The van der Waals surface area contributed by atoms with E-state index < -0.39 is 11.7 Å². The summed E-state index contributed by atoms with van der Waals surface area (Å²) in [5, 5.41) is 4.69. The second-order valence-corrected chi connectivity index (χ2v) is 3.73. The van der Waals surface area contributed by atoms with Gasteiger partial charge < -0.3 is 0 Å². The number of halogens is 3. The molecule has 0 fully saturated rings. The van der Waals surface area contributed by atoms with Gasteiger partial charge in [0.25, 0.3) is 0 Å². The van der Waals surface area contributed by atoms with Gasteiger partial charge in [0.15, 0.2) is 0 Å². The lowest BCUT2D eigenvalue weighted by atomic mass is 10.1. The van der Waals surface area contributed by atoms with E-state index in [0.717, 1.165) is 12.1 Å². The van der Waals surface area contributed by atoms with Crippen LogP contribution < -0.4 is 0 Å². The molecule has 0 nitrogen and oxygen atoms in total. The average molecular weight is 227 g/mol. The van der Waals surface area contributed by atoms with E-state index in [1.165, 1.54) is 17.4 Å². The molecule has 2 aromatic rings. The Balaban J connectivity index is 2.44. The van der Waals surface area contributed by atoms with Gasteiger partial charge in [0.05, 0.1) is 10.9 Å². The minimum Gasteiger partial charge on any atom is -0.166 e. The first kappa shape index (κ1) is 10.2. The normalized spacial score (nSPS) is 11.7. The first-order valence-electron chi connectivity index (χ1n) is 4.20. The van der Waals surface area contributed by atoms with E-state index in [4.69, 9.17) is 0 Å². The van der Waals surface area contributed by atoms with Crippen LogP contribution in [-0.4, -0.2) is 0 Å². The lowest BCUT2D eigenvalue weighted by molar-refractivity contribution is -0.137. The third kappa shape index (κ3) is 2.21. The van der Waals surface area contributed by atoms with Gasteiger partial charge in [0.1, 0.15) is 0 Å². The fraction of sp³-hybridized carbons (Fsp3) is 0.0909. The maximum absolute atomic E-state index is 12.4. The monoisotopic (exact) mass is 227 g/mol. The van der Waals surface area contributed by atoms with Crippen molar-refractivity contribution in [1.82, 2.24) is 0 Å². The molecule has 4 heteroatoms. The van der Waals surface area contributed by atoms with E-state index in [-0.39, 0.29) is 0 Å². The van der Waals surface area contributed by atoms with Crippen molar-refractivity contribution in [3.63, 3.8) is 0 Å². The predicted octanol–water partition coefficient (Wildman–Crippen LogP) is 4.23. The second kappa shape index (κ2) is 3.70. The Morgan fingerprint density at radius 3 is 2.53 bits per heavy atom. The number of rotatable bonds is 1. The van der Waals surface area contributed by atoms with Crippen molar-refractivity contribution in [2.45, 2.75) is 6.18 Å². The molecule has 0 aliphatic rings. The SMILES string of the molecule is FC(F)(F)c1cccc(-c2[c]scc2)c1. The zero-order valence-corrected chi connectivity index (χ0v) is 8.32. The van der Waals surface area contributed by atoms with Gasteiger partial charge in [-0.3, -0.25) is 0 Å². The Labute approximate surface area is 89.0 Å². The number of hydrogen-bond acceptors (Lipinski definition) is 1. The number of benzene rings is 1. The molecule has 0 amide bonds. The van der Waals surface area contributed by atoms with Gasteiger partial charge in [-0.2, -0.15) is 13.2 Å². The highest BCUT2D eigenvalue weighted by atomic mass is 32.1. The molecule has 0 unspecified atom stereocenters. The molecular weight excluding hydrogens is 221 g/mol. The molecule has 1 aromatic carbocycles. The van der Waals surface area contributed by atoms with Crippen LogP contribution in [0.25, 0.3) is 11.1 Å². The first-order valence-corrected chi connectivity index (χ1v) is 5.08. The third-order valence-electron chi connectivity index (χ3n) is 1.97. The largest absolute Gasteiger partial charge is 0.416 e. The van der Waals surface area contributed by atoms with Crippen molar-refractivity contribution >= 4 is 11.3 Å². The summed E-state index contributed by atoms with van der Waals surface area (Å²) in [6.07, 6.45) is -4.29. The number of alkyl halides is 3. The van der Waals surface area contributed by atoms with Gasteiger partial charge in [-0.1, -0.05) is 12.1 Å². The van der Waals surface area contributed by atoms with Crippen LogP contribution in [0.4, 0.5) is 13.2 Å². The highest BCUT2D eigenvalue weighted by Gasteiger charge is 2.30. The molecule has 0 N–H and O–H groups in total. The Morgan fingerprint density at radius 2 is 1.93 bits per heavy atom. The first-order chi connectivity index (χ1) is 7.07. The van der Waals surface area contributed by atoms with Crippen LogP contribution in [0.5, 0.6) is 0 Å². The highest BCUT2D eigenvalue weighted by Crippen LogP contribution is 2.32. The Hall–Kier alpha value is -1.29. The molecule has 0 bridgehead atoms. The van der Waals surface area contributed by atoms with Gasteiger partial charge in [-0.25, -0.2) is 0 Å². The summed E-state index contributed by atoms with van der Waals surface area (Å²) in [7, 11) is 0. The maximum Gasteiger partial charge on any atom is 0.416 e. The summed E-state index contributed by atoms with van der Waals surface area (Å²) in [6.45, 7) is 0.